The first-order valence-electron chi connectivity index (χ1n) is 14.9. The Bertz CT molecular complexity index is 1790. The van der Waals surface area contributed by atoms with Crippen LogP contribution in [0.4, 0.5) is 10.2 Å². The van der Waals surface area contributed by atoms with Crippen LogP contribution in [0.15, 0.2) is 54.7 Å². The van der Waals surface area contributed by atoms with Crippen molar-refractivity contribution in [3.63, 3.8) is 0 Å². The molecule has 1 saturated carbocycles. The van der Waals surface area contributed by atoms with Gasteiger partial charge in [0.05, 0.1) is 31.1 Å². The molecule has 11 nitrogen and oxygen atoms in total. The molecule has 0 saturated heterocycles. The zero-order chi connectivity index (χ0) is 31.5. The highest BCUT2D eigenvalue weighted by molar-refractivity contribution is 5.97. The molecule has 45 heavy (non-hydrogen) atoms. The van der Waals surface area contributed by atoms with Gasteiger partial charge in [0.15, 0.2) is 0 Å². The maximum atomic E-state index is 13.8. The van der Waals surface area contributed by atoms with Crippen molar-refractivity contribution in [1.29, 1.82) is 0 Å². The number of rotatable bonds is 6. The largest absolute Gasteiger partial charge is 0.496 e. The minimum absolute atomic E-state index is 0.0187. The lowest BCUT2D eigenvalue weighted by Crippen LogP contribution is -2.41. The van der Waals surface area contributed by atoms with Crippen molar-refractivity contribution in [2.45, 2.75) is 44.2 Å². The van der Waals surface area contributed by atoms with Gasteiger partial charge >= 0.3 is 0 Å². The van der Waals surface area contributed by atoms with Crippen molar-refractivity contribution in [2.75, 3.05) is 25.9 Å². The molecule has 12 heteroatoms. The maximum absolute atomic E-state index is 13.8. The molecule has 2 atom stereocenters. The zero-order valence-corrected chi connectivity index (χ0v) is 24.8. The third kappa shape index (κ3) is 6.21. The van der Waals surface area contributed by atoms with Gasteiger partial charge in [0.1, 0.15) is 34.4 Å². The molecule has 232 valence electrons. The molecule has 3 amide bonds. The molecule has 3 heterocycles. The second-order valence-electron chi connectivity index (χ2n) is 11.3. The topological polar surface area (TPSA) is 144 Å². The number of carbonyl (C=O) groups is 3. The summed E-state index contributed by atoms with van der Waals surface area (Å²) in [5.41, 5.74) is 10.5. The number of amides is 3. The van der Waals surface area contributed by atoms with E-state index in [0.29, 0.717) is 48.6 Å². The number of nitrogens with zero attached hydrogens (tertiary/aromatic N) is 4. The molecule has 1 fully saturated rings. The van der Waals surface area contributed by atoms with Gasteiger partial charge in [-0.1, -0.05) is 30.3 Å². The molecular weight excluding hydrogens is 577 g/mol. The molecule has 1 unspecified atom stereocenters. The number of imidazole rings is 1. The van der Waals surface area contributed by atoms with Gasteiger partial charge in [-0.3, -0.25) is 18.8 Å². The fraction of sp³-hybridized carbons (Fsp3) is 0.303. The van der Waals surface area contributed by atoms with E-state index in [1.807, 2.05) is 36.4 Å². The van der Waals surface area contributed by atoms with E-state index in [1.165, 1.54) is 24.1 Å². The number of halogens is 1. The quantitative estimate of drug-likeness (QED) is 0.282. The fourth-order valence-corrected chi connectivity index (χ4v) is 6.12. The van der Waals surface area contributed by atoms with E-state index in [2.05, 4.69) is 20.0 Å². The van der Waals surface area contributed by atoms with Crippen LogP contribution in [0.2, 0.25) is 0 Å². The van der Waals surface area contributed by atoms with Crippen molar-refractivity contribution in [1.82, 2.24) is 29.9 Å². The number of hydrogen-bond donors (Lipinski definition) is 3. The highest BCUT2D eigenvalue weighted by atomic mass is 19.1. The van der Waals surface area contributed by atoms with Gasteiger partial charge in [-0.25, -0.2) is 14.4 Å². The first-order chi connectivity index (χ1) is 21.8. The Morgan fingerprint density at radius 2 is 2.04 bits per heavy atom. The molecule has 2 aromatic heterocycles. The van der Waals surface area contributed by atoms with Crippen molar-refractivity contribution in [3.8, 4) is 17.0 Å². The number of fused-ring (bicyclic) bond motifs is 3. The zero-order valence-electron chi connectivity index (χ0n) is 24.8. The van der Waals surface area contributed by atoms with Crippen LogP contribution in [-0.2, 0) is 16.1 Å². The van der Waals surface area contributed by atoms with E-state index in [4.69, 9.17) is 15.5 Å². The average molecular weight is 612 g/mol. The van der Waals surface area contributed by atoms with Crippen LogP contribution in [0.3, 0.4) is 0 Å². The van der Waals surface area contributed by atoms with E-state index in [9.17, 15) is 18.8 Å². The number of nitrogen functional groups attached to an aromatic ring is 1. The summed E-state index contributed by atoms with van der Waals surface area (Å²) < 4.78 is 21.0. The van der Waals surface area contributed by atoms with Gasteiger partial charge < -0.3 is 26.0 Å². The number of nitrogens with one attached hydrogen (secondary N) is 2. The number of ether oxygens (including phenoxy) is 1. The normalized spacial score (nSPS) is 19.1. The second kappa shape index (κ2) is 12.8. The number of hydrogen-bond acceptors (Lipinski definition) is 7. The summed E-state index contributed by atoms with van der Waals surface area (Å²) in [5, 5.41) is 5.91. The van der Waals surface area contributed by atoms with E-state index < -0.39 is 11.7 Å². The van der Waals surface area contributed by atoms with E-state index >= 15 is 0 Å². The molecule has 4 N–H and O–H groups in total. The summed E-state index contributed by atoms with van der Waals surface area (Å²) in [6, 6.07) is 11.4. The van der Waals surface area contributed by atoms with Gasteiger partial charge in [0, 0.05) is 30.6 Å². The van der Waals surface area contributed by atoms with Crippen molar-refractivity contribution in [3.05, 3.63) is 83.2 Å². The van der Waals surface area contributed by atoms with E-state index in [1.54, 1.807) is 6.20 Å². The number of benzene rings is 2. The summed E-state index contributed by atoms with van der Waals surface area (Å²) in [7, 11) is 1.43. The van der Waals surface area contributed by atoms with Gasteiger partial charge in [-0.15, -0.1) is 0 Å². The number of anilines is 1. The summed E-state index contributed by atoms with van der Waals surface area (Å²) >= 11 is 0. The molecule has 1 aliphatic carbocycles. The molecule has 2 aliphatic rings. The lowest BCUT2D eigenvalue weighted by atomic mass is 10.1. The molecule has 4 aromatic rings. The lowest BCUT2D eigenvalue weighted by Gasteiger charge is -2.19. The van der Waals surface area contributed by atoms with Gasteiger partial charge in [-0.05, 0) is 55.5 Å². The minimum atomic E-state index is -0.523. The lowest BCUT2D eigenvalue weighted by molar-refractivity contribution is -0.128. The third-order valence-electron chi connectivity index (χ3n) is 8.36. The highest BCUT2D eigenvalue weighted by Gasteiger charge is 2.32. The summed E-state index contributed by atoms with van der Waals surface area (Å²) in [6.45, 7) is 0.670. The maximum Gasteiger partial charge on any atom is 0.255 e. The van der Waals surface area contributed by atoms with Crippen molar-refractivity contribution < 1.29 is 23.5 Å². The van der Waals surface area contributed by atoms with Crippen LogP contribution in [0.5, 0.6) is 5.75 Å². The Kier molecular flexibility index (Phi) is 8.45. The van der Waals surface area contributed by atoms with Gasteiger partial charge in [0.2, 0.25) is 12.3 Å². The summed E-state index contributed by atoms with van der Waals surface area (Å²) in [4.78, 5) is 48.0. The Labute approximate surface area is 259 Å². The van der Waals surface area contributed by atoms with Crippen LogP contribution in [0.1, 0.15) is 59.0 Å². The monoisotopic (exact) mass is 611 g/mol. The van der Waals surface area contributed by atoms with Crippen molar-refractivity contribution >= 4 is 35.6 Å². The molecule has 2 aromatic carbocycles. The number of nitrogens with two attached hydrogens (primary N) is 1. The third-order valence-corrected chi connectivity index (χ3v) is 8.36. The highest BCUT2D eigenvalue weighted by Crippen LogP contribution is 2.39. The SMILES string of the molecule is COc1ccc(F)cc1C(=O)NCc1ccc(-c2nc3n4c(cnc(N)c24)/C=C/CCN(C=O)CC(=O)NC2CC[C@@H]3C2)cc1. The first-order valence-corrected chi connectivity index (χ1v) is 14.9. The Balaban J connectivity index is 1.31. The average Bonchev–Trinajstić information content (AvgIpc) is 3.67. The number of carbonyl (C=O) groups excluding carboxylic acids is 3. The standard InChI is InChI=1S/C33H34FN7O4/c1-45-27-12-10-23(34)15-26(27)33(44)37-16-20-5-7-21(8-6-20)29-30-31(35)36-17-25-4-2-3-13-40(19-42)18-28(43)38-24-11-9-22(14-24)32(39-29)41(25)30/h2,4-8,10,12,15,17,19,22,24H,3,9,11,13-14,16,18H2,1H3,(H2,35,36)(H,37,44)(H,38,43)/b4-2+/t22-,24?/m1/s1. The summed E-state index contributed by atoms with van der Waals surface area (Å²) in [5.74, 6) is 0.437. The second-order valence-corrected chi connectivity index (χ2v) is 11.3. The van der Waals surface area contributed by atoms with Crippen LogP contribution < -0.4 is 21.1 Å². The molecule has 6 rings (SSSR count). The van der Waals surface area contributed by atoms with Crippen LogP contribution in [0.25, 0.3) is 22.9 Å². The Morgan fingerprint density at radius 1 is 1.22 bits per heavy atom. The minimum Gasteiger partial charge on any atom is -0.496 e. The number of aromatic nitrogens is 3. The summed E-state index contributed by atoms with van der Waals surface area (Å²) in [6.07, 6.45) is 9.25. The van der Waals surface area contributed by atoms with Crippen LogP contribution in [-0.4, -0.2) is 63.7 Å². The predicted octanol–water partition coefficient (Wildman–Crippen LogP) is 3.68. The molecular formula is C33H34FN7O4. The van der Waals surface area contributed by atoms with E-state index in [0.717, 1.165) is 41.6 Å². The van der Waals surface area contributed by atoms with Crippen LogP contribution in [0, 0.1) is 5.82 Å². The van der Waals surface area contributed by atoms with Gasteiger partial charge in [-0.2, -0.15) is 0 Å². The fourth-order valence-electron chi connectivity index (χ4n) is 6.12. The molecule has 0 spiro atoms. The molecule has 0 radical (unpaired) electrons. The van der Waals surface area contributed by atoms with E-state index in [-0.39, 0.29) is 36.5 Å². The molecule has 2 bridgehead atoms. The Hall–Kier alpha value is -5.26. The predicted molar refractivity (Wildman–Crippen MR) is 167 cm³/mol. The van der Waals surface area contributed by atoms with Crippen molar-refractivity contribution in [2.24, 2.45) is 0 Å². The smallest absolute Gasteiger partial charge is 0.255 e. The first kappa shape index (κ1) is 29.8. The van der Waals surface area contributed by atoms with Crippen LogP contribution >= 0.6 is 0 Å². The van der Waals surface area contributed by atoms with Gasteiger partial charge in [0.25, 0.3) is 5.91 Å². The Morgan fingerprint density at radius 3 is 2.82 bits per heavy atom. The number of methoxy groups -OCH3 is 1. The molecule has 1 aliphatic heterocycles.